The van der Waals surface area contributed by atoms with Crippen LogP contribution in [0, 0.1) is 13.8 Å². The van der Waals surface area contributed by atoms with Crippen LogP contribution in [0.25, 0.3) is 0 Å². The van der Waals surface area contributed by atoms with Crippen molar-refractivity contribution in [3.05, 3.63) is 41.6 Å². The van der Waals surface area contributed by atoms with Gasteiger partial charge in [0.25, 0.3) is 10.0 Å². The third-order valence-corrected chi connectivity index (χ3v) is 5.94. The average molecular weight is 361 g/mol. The highest BCUT2D eigenvalue weighted by atomic mass is 32.2. The third kappa shape index (κ3) is 3.71. The molecule has 0 bridgehead atoms. The van der Waals surface area contributed by atoms with Crippen LogP contribution in [0.15, 0.2) is 35.4 Å². The van der Waals surface area contributed by atoms with Gasteiger partial charge in [-0.15, -0.1) is 0 Å². The third-order valence-electron chi connectivity index (χ3n) is 4.41. The van der Waals surface area contributed by atoms with Crippen molar-refractivity contribution in [2.45, 2.75) is 31.6 Å². The lowest BCUT2D eigenvalue weighted by molar-refractivity contribution is 0.411. The zero-order valence-corrected chi connectivity index (χ0v) is 15.6. The van der Waals surface area contributed by atoms with E-state index in [0.29, 0.717) is 17.0 Å². The molecular formula is C18H23N3O3S. The van der Waals surface area contributed by atoms with Gasteiger partial charge in [0.1, 0.15) is 11.6 Å². The van der Waals surface area contributed by atoms with Gasteiger partial charge in [0.15, 0.2) is 0 Å². The van der Waals surface area contributed by atoms with Crippen LogP contribution >= 0.6 is 0 Å². The number of methoxy groups -OCH3 is 1. The number of nitrogens with one attached hydrogen (secondary N) is 1. The van der Waals surface area contributed by atoms with Gasteiger partial charge in [-0.25, -0.2) is 13.4 Å². The first kappa shape index (κ1) is 17.5. The first-order valence-electron chi connectivity index (χ1n) is 8.30. The smallest absolute Gasteiger partial charge is 0.262 e. The summed E-state index contributed by atoms with van der Waals surface area (Å²) in [6.45, 7) is 5.58. The summed E-state index contributed by atoms with van der Waals surface area (Å²) in [5, 5.41) is 0. The molecule has 0 radical (unpaired) electrons. The summed E-state index contributed by atoms with van der Waals surface area (Å²) in [7, 11) is -2.11. The minimum Gasteiger partial charge on any atom is -0.496 e. The molecule has 0 unspecified atom stereocenters. The van der Waals surface area contributed by atoms with Crippen molar-refractivity contribution in [1.82, 2.24) is 4.98 Å². The Morgan fingerprint density at radius 1 is 1.12 bits per heavy atom. The van der Waals surface area contributed by atoms with Gasteiger partial charge in [-0.1, -0.05) is 0 Å². The lowest BCUT2D eigenvalue weighted by atomic mass is 10.1. The van der Waals surface area contributed by atoms with Gasteiger partial charge < -0.3 is 9.64 Å². The van der Waals surface area contributed by atoms with E-state index < -0.39 is 10.0 Å². The Hall–Kier alpha value is -2.28. The van der Waals surface area contributed by atoms with E-state index in [1.807, 2.05) is 13.0 Å². The lowest BCUT2D eigenvalue weighted by Crippen LogP contribution is -2.19. The van der Waals surface area contributed by atoms with E-state index in [-0.39, 0.29) is 4.90 Å². The topological polar surface area (TPSA) is 71.5 Å². The molecule has 0 aliphatic carbocycles. The molecular weight excluding hydrogens is 338 g/mol. The number of rotatable bonds is 5. The molecule has 2 aromatic rings. The second-order valence-corrected chi connectivity index (χ2v) is 7.94. The summed E-state index contributed by atoms with van der Waals surface area (Å²) >= 11 is 0. The molecule has 3 rings (SSSR count). The SMILES string of the molecule is COc1cc(C)c(S(=O)(=O)Nc2ccc(N3CCCC3)nc2)cc1C. The van der Waals surface area contributed by atoms with E-state index in [4.69, 9.17) is 4.74 Å². The molecule has 1 fully saturated rings. The minimum absolute atomic E-state index is 0.245. The number of benzene rings is 1. The quantitative estimate of drug-likeness (QED) is 0.886. The van der Waals surface area contributed by atoms with Crippen LogP contribution < -0.4 is 14.4 Å². The van der Waals surface area contributed by atoms with Crippen LogP contribution in [0.1, 0.15) is 24.0 Å². The van der Waals surface area contributed by atoms with Crippen LogP contribution in [0.5, 0.6) is 5.75 Å². The van der Waals surface area contributed by atoms with Crippen molar-refractivity contribution in [1.29, 1.82) is 0 Å². The zero-order valence-electron chi connectivity index (χ0n) is 14.7. The maximum atomic E-state index is 12.7. The molecule has 134 valence electrons. The molecule has 1 aliphatic rings. The summed E-state index contributed by atoms with van der Waals surface area (Å²) < 4.78 is 33.3. The van der Waals surface area contributed by atoms with Crippen molar-refractivity contribution < 1.29 is 13.2 Å². The standard InChI is InChI=1S/C18H23N3O3S/c1-13-11-17(14(2)10-16(13)24-3)25(22,23)20-15-6-7-18(19-12-15)21-8-4-5-9-21/h6-7,10-12,20H,4-5,8-9H2,1-3H3. The van der Waals surface area contributed by atoms with E-state index >= 15 is 0 Å². The Morgan fingerprint density at radius 2 is 1.84 bits per heavy atom. The molecule has 25 heavy (non-hydrogen) atoms. The second kappa shape index (κ2) is 6.92. The largest absolute Gasteiger partial charge is 0.496 e. The minimum atomic E-state index is -3.68. The summed E-state index contributed by atoms with van der Waals surface area (Å²) in [6, 6.07) is 6.97. The first-order valence-corrected chi connectivity index (χ1v) is 9.78. The van der Waals surface area contributed by atoms with Crippen molar-refractivity contribution in [2.24, 2.45) is 0 Å². The maximum absolute atomic E-state index is 12.7. The van der Waals surface area contributed by atoms with Crippen LogP contribution in [-0.4, -0.2) is 33.6 Å². The molecule has 1 aliphatic heterocycles. The van der Waals surface area contributed by atoms with Crippen molar-refractivity contribution in [3.8, 4) is 5.75 Å². The highest BCUT2D eigenvalue weighted by Crippen LogP contribution is 2.27. The van der Waals surface area contributed by atoms with Gasteiger partial charge in [0.05, 0.1) is 23.9 Å². The molecule has 2 heterocycles. The van der Waals surface area contributed by atoms with Crippen molar-refractivity contribution in [3.63, 3.8) is 0 Å². The number of hydrogen-bond donors (Lipinski definition) is 1. The highest BCUT2D eigenvalue weighted by molar-refractivity contribution is 7.92. The molecule has 1 aromatic carbocycles. The second-order valence-electron chi connectivity index (χ2n) is 6.29. The Bertz CT molecular complexity index is 858. The number of aromatic nitrogens is 1. The normalized spacial score (nSPS) is 14.6. The fraction of sp³-hybridized carbons (Fsp3) is 0.389. The Balaban J connectivity index is 1.83. The summed E-state index contributed by atoms with van der Waals surface area (Å²) in [5.74, 6) is 1.56. The van der Waals surface area contributed by atoms with E-state index in [1.165, 1.54) is 12.8 Å². The number of ether oxygens (including phenoxy) is 1. The molecule has 1 saturated heterocycles. The molecule has 0 spiro atoms. The molecule has 1 N–H and O–H groups in total. The van der Waals surface area contributed by atoms with Gasteiger partial charge in [-0.05, 0) is 62.1 Å². The van der Waals surface area contributed by atoms with E-state index in [2.05, 4.69) is 14.6 Å². The number of anilines is 2. The van der Waals surface area contributed by atoms with Crippen molar-refractivity contribution in [2.75, 3.05) is 29.8 Å². The molecule has 0 saturated carbocycles. The predicted octanol–water partition coefficient (Wildman–Crippen LogP) is 3.11. The van der Waals surface area contributed by atoms with Crippen LogP contribution in [0.3, 0.4) is 0 Å². The maximum Gasteiger partial charge on any atom is 0.262 e. The Labute approximate surface area is 148 Å². The number of nitrogens with zero attached hydrogens (tertiary/aromatic N) is 2. The highest BCUT2D eigenvalue weighted by Gasteiger charge is 2.20. The van der Waals surface area contributed by atoms with E-state index in [1.54, 1.807) is 38.4 Å². The summed E-state index contributed by atoms with van der Waals surface area (Å²) in [5.41, 5.74) is 1.86. The van der Waals surface area contributed by atoms with Gasteiger partial charge in [0.2, 0.25) is 0 Å². The molecule has 1 aromatic heterocycles. The van der Waals surface area contributed by atoms with Gasteiger partial charge >= 0.3 is 0 Å². The van der Waals surface area contributed by atoms with Gasteiger partial charge in [0, 0.05) is 13.1 Å². The Kier molecular flexibility index (Phi) is 4.85. The zero-order chi connectivity index (χ0) is 18.0. The molecule has 0 atom stereocenters. The molecule has 0 amide bonds. The number of hydrogen-bond acceptors (Lipinski definition) is 5. The monoisotopic (exact) mass is 361 g/mol. The van der Waals surface area contributed by atoms with Crippen LogP contribution in [-0.2, 0) is 10.0 Å². The van der Waals surface area contributed by atoms with Gasteiger partial charge in [-0.3, -0.25) is 4.72 Å². The number of sulfonamides is 1. The first-order chi connectivity index (χ1) is 11.9. The van der Waals surface area contributed by atoms with Crippen LogP contribution in [0.4, 0.5) is 11.5 Å². The van der Waals surface area contributed by atoms with Crippen molar-refractivity contribution >= 4 is 21.5 Å². The summed E-state index contributed by atoms with van der Waals surface area (Å²) in [6.07, 6.45) is 3.91. The van der Waals surface area contributed by atoms with Crippen LogP contribution in [0.2, 0.25) is 0 Å². The lowest BCUT2D eigenvalue weighted by Gasteiger charge is -2.17. The fourth-order valence-corrected chi connectivity index (χ4v) is 4.42. The van der Waals surface area contributed by atoms with E-state index in [9.17, 15) is 8.42 Å². The molecule has 7 heteroatoms. The predicted molar refractivity (Wildman–Crippen MR) is 99.0 cm³/mol. The van der Waals surface area contributed by atoms with E-state index in [0.717, 1.165) is 24.5 Å². The summed E-state index contributed by atoms with van der Waals surface area (Å²) in [4.78, 5) is 6.83. The average Bonchev–Trinajstić information content (AvgIpc) is 3.11. The Morgan fingerprint density at radius 3 is 2.44 bits per heavy atom. The fourth-order valence-electron chi connectivity index (χ4n) is 3.06. The van der Waals surface area contributed by atoms with Gasteiger partial charge in [-0.2, -0.15) is 0 Å². The number of aryl methyl sites for hydroxylation is 2. The number of pyridine rings is 1. The molecule has 6 nitrogen and oxygen atoms in total.